The molecule has 0 spiro atoms. The Balaban J connectivity index is 2.01. The molecule has 5 heteroatoms. The molecule has 1 amide bonds. The van der Waals surface area contributed by atoms with Crippen molar-refractivity contribution in [2.24, 2.45) is 0 Å². The number of nitrogens with zero attached hydrogens (tertiary/aromatic N) is 2. The van der Waals surface area contributed by atoms with E-state index in [0.29, 0.717) is 5.95 Å². The molecule has 1 aliphatic heterocycles. The molecule has 2 N–H and O–H groups in total. The van der Waals surface area contributed by atoms with Crippen LogP contribution in [0.4, 0.5) is 5.95 Å². The van der Waals surface area contributed by atoms with E-state index in [1.54, 1.807) is 0 Å². The minimum absolute atomic E-state index is 0.0327. The quantitative estimate of drug-likeness (QED) is 0.806. The fourth-order valence-corrected chi connectivity index (χ4v) is 2.05. The van der Waals surface area contributed by atoms with Crippen molar-refractivity contribution in [1.29, 1.82) is 0 Å². The molecule has 2 rings (SSSR count). The number of anilines is 1. The number of rotatable bonds is 2. The lowest BCUT2D eigenvalue weighted by Crippen LogP contribution is -2.43. The summed E-state index contributed by atoms with van der Waals surface area (Å²) >= 11 is 0. The van der Waals surface area contributed by atoms with E-state index in [0.717, 1.165) is 37.2 Å². The first-order valence-corrected chi connectivity index (χ1v) is 6.02. The number of carbonyl (C=O) groups is 1. The van der Waals surface area contributed by atoms with Crippen molar-refractivity contribution < 1.29 is 4.79 Å². The third-order valence-corrected chi connectivity index (χ3v) is 2.84. The Morgan fingerprint density at radius 2 is 2.06 bits per heavy atom. The van der Waals surface area contributed by atoms with Gasteiger partial charge in [0.1, 0.15) is 0 Å². The standard InChI is InChI=1S/C12H18N4O/c1-8-7-9(2)15-12(14-8)16-11(17)10-5-3-4-6-13-10/h7,10,13H,3-6H2,1-2H3,(H,14,15,16,17)/t10-/m0/s1. The smallest absolute Gasteiger partial charge is 0.243 e. The van der Waals surface area contributed by atoms with Gasteiger partial charge >= 0.3 is 0 Å². The van der Waals surface area contributed by atoms with Crippen molar-refractivity contribution in [3.05, 3.63) is 17.5 Å². The lowest BCUT2D eigenvalue weighted by Gasteiger charge is -2.22. The maximum atomic E-state index is 11.9. The molecule has 1 atom stereocenters. The second-order valence-corrected chi connectivity index (χ2v) is 4.47. The minimum Gasteiger partial charge on any atom is -0.306 e. The van der Waals surface area contributed by atoms with Crippen LogP contribution in [-0.2, 0) is 4.79 Å². The van der Waals surface area contributed by atoms with Gasteiger partial charge in [-0.2, -0.15) is 0 Å². The number of aryl methyl sites for hydroxylation is 2. The molecule has 5 nitrogen and oxygen atoms in total. The van der Waals surface area contributed by atoms with Crippen LogP contribution < -0.4 is 10.6 Å². The summed E-state index contributed by atoms with van der Waals surface area (Å²) in [5.41, 5.74) is 1.73. The topological polar surface area (TPSA) is 66.9 Å². The first kappa shape index (κ1) is 12.0. The van der Waals surface area contributed by atoms with Crippen LogP contribution in [-0.4, -0.2) is 28.5 Å². The zero-order valence-electron chi connectivity index (χ0n) is 10.3. The van der Waals surface area contributed by atoms with Crippen molar-refractivity contribution in [2.45, 2.75) is 39.2 Å². The molecular weight excluding hydrogens is 216 g/mol. The van der Waals surface area contributed by atoms with Crippen LogP contribution in [0.2, 0.25) is 0 Å². The Hall–Kier alpha value is -1.49. The van der Waals surface area contributed by atoms with E-state index >= 15 is 0 Å². The van der Waals surface area contributed by atoms with Crippen LogP contribution in [0.15, 0.2) is 6.07 Å². The molecule has 0 saturated carbocycles. The number of hydrogen-bond donors (Lipinski definition) is 2. The third kappa shape index (κ3) is 3.23. The third-order valence-electron chi connectivity index (χ3n) is 2.84. The SMILES string of the molecule is Cc1cc(C)nc(NC(=O)[C@@H]2CCCCN2)n1. The average Bonchev–Trinajstić information content (AvgIpc) is 2.28. The summed E-state index contributed by atoms with van der Waals surface area (Å²) in [5, 5.41) is 5.97. The van der Waals surface area contributed by atoms with Gasteiger partial charge in [-0.1, -0.05) is 6.42 Å². The summed E-state index contributed by atoms with van der Waals surface area (Å²) in [6.45, 7) is 4.69. The molecule has 0 unspecified atom stereocenters. The van der Waals surface area contributed by atoms with Crippen molar-refractivity contribution in [1.82, 2.24) is 15.3 Å². The maximum absolute atomic E-state index is 11.9. The van der Waals surface area contributed by atoms with E-state index in [1.807, 2.05) is 19.9 Å². The van der Waals surface area contributed by atoms with Crippen LogP contribution >= 0.6 is 0 Å². The molecule has 1 saturated heterocycles. The van der Waals surface area contributed by atoms with Gasteiger partial charge in [-0.25, -0.2) is 9.97 Å². The highest BCUT2D eigenvalue weighted by atomic mass is 16.2. The molecule has 0 aromatic carbocycles. The van der Waals surface area contributed by atoms with Crippen molar-refractivity contribution in [2.75, 3.05) is 11.9 Å². The second kappa shape index (κ2) is 5.23. The number of hydrogen-bond acceptors (Lipinski definition) is 4. The molecule has 2 heterocycles. The Labute approximate surface area is 101 Å². The summed E-state index contributed by atoms with van der Waals surface area (Å²) in [4.78, 5) is 20.3. The Kier molecular flexibility index (Phi) is 3.68. The lowest BCUT2D eigenvalue weighted by molar-refractivity contribution is -0.118. The van der Waals surface area contributed by atoms with Crippen molar-refractivity contribution in [3.63, 3.8) is 0 Å². The fraction of sp³-hybridized carbons (Fsp3) is 0.583. The van der Waals surface area contributed by atoms with Crippen molar-refractivity contribution in [3.8, 4) is 0 Å². The second-order valence-electron chi connectivity index (χ2n) is 4.47. The summed E-state index contributed by atoms with van der Waals surface area (Å²) < 4.78 is 0. The number of aromatic nitrogens is 2. The number of piperidine rings is 1. The molecular formula is C12H18N4O. The summed E-state index contributed by atoms with van der Waals surface area (Å²) in [6.07, 6.45) is 3.12. The Morgan fingerprint density at radius 1 is 1.35 bits per heavy atom. The zero-order valence-corrected chi connectivity index (χ0v) is 10.3. The zero-order chi connectivity index (χ0) is 12.3. The van der Waals surface area contributed by atoms with Crippen LogP contribution in [0.25, 0.3) is 0 Å². The van der Waals surface area contributed by atoms with Gasteiger partial charge < -0.3 is 5.32 Å². The Bertz CT molecular complexity index is 393. The molecule has 92 valence electrons. The number of carbonyl (C=O) groups excluding carboxylic acids is 1. The molecule has 1 aromatic heterocycles. The number of amides is 1. The van der Waals surface area contributed by atoms with Crippen LogP contribution in [0.5, 0.6) is 0 Å². The molecule has 1 aromatic rings. The van der Waals surface area contributed by atoms with E-state index in [1.165, 1.54) is 0 Å². The number of nitrogens with one attached hydrogen (secondary N) is 2. The van der Waals surface area contributed by atoms with Crippen LogP contribution in [0.3, 0.4) is 0 Å². The fourth-order valence-electron chi connectivity index (χ4n) is 2.05. The maximum Gasteiger partial charge on any atom is 0.243 e. The predicted molar refractivity (Wildman–Crippen MR) is 65.8 cm³/mol. The van der Waals surface area contributed by atoms with E-state index in [9.17, 15) is 4.79 Å². The predicted octanol–water partition coefficient (Wildman–Crippen LogP) is 1.17. The van der Waals surface area contributed by atoms with Crippen molar-refractivity contribution >= 4 is 11.9 Å². The largest absolute Gasteiger partial charge is 0.306 e. The van der Waals surface area contributed by atoms with E-state index < -0.39 is 0 Å². The molecule has 17 heavy (non-hydrogen) atoms. The van der Waals surface area contributed by atoms with Gasteiger partial charge in [-0.05, 0) is 39.3 Å². The van der Waals surface area contributed by atoms with Crippen LogP contribution in [0, 0.1) is 13.8 Å². The van der Waals surface area contributed by atoms with Gasteiger partial charge in [0.25, 0.3) is 0 Å². The Morgan fingerprint density at radius 3 is 2.65 bits per heavy atom. The lowest BCUT2D eigenvalue weighted by atomic mass is 10.0. The van der Waals surface area contributed by atoms with Gasteiger partial charge in [-0.3, -0.25) is 10.1 Å². The normalized spacial score (nSPS) is 20.0. The molecule has 0 aliphatic carbocycles. The summed E-state index contributed by atoms with van der Waals surface area (Å²) in [5.74, 6) is 0.370. The highest BCUT2D eigenvalue weighted by Gasteiger charge is 2.21. The van der Waals surface area contributed by atoms with Gasteiger partial charge in [-0.15, -0.1) is 0 Å². The molecule has 1 fully saturated rings. The summed E-state index contributed by atoms with van der Waals surface area (Å²) in [7, 11) is 0. The highest BCUT2D eigenvalue weighted by molar-refractivity contribution is 5.93. The average molecular weight is 234 g/mol. The first-order valence-electron chi connectivity index (χ1n) is 6.02. The molecule has 0 radical (unpaired) electrons. The van der Waals surface area contributed by atoms with Gasteiger partial charge in [0.05, 0.1) is 6.04 Å². The van der Waals surface area contributed by atoms with E-state index in [2.05, 4.69) is 20.6 Å². The first-order chi connectivity index (χ1) is 8.15. The van der Waals surface area contributed by atoms with E-state index in [-0.39, 0.29) is 11.9 Å². The van der Waals surface area contributed by atoms with Gasteiger partial charge in [0.2, 0.25) is 11.9 Å². The van der Waals surface area contributed by atoms with Gasteiger partial charge in [0, 0.05) is 11.4 Å². The molecule has 0 bridgehead atoms. The summed E-state index contributed by atoms with van der Waals surface area (Å²) in [6, 6.07) is 1.78. The minimum atomic E-state index is -0.104. The van der Waals surface area contributed by atoms with E-state index in [4.69, 9.17) is 0 Å². The van der Waals surface area contributed by atoms with Gasteiger partial charge in [0.15, 0.2) is 0 Å². The van der Waals surface area contributed by atoms with Crippen LogP contribution in [0.1, 0.15) is 30.7 Å². The molecule has 1 aliphatic rings. The monoisotopic (exact) mass is 234 g/mol. The highest BCUT2D eigenvalue weighted by Crippen LogP contribution is 2.09.